The molecule has 1 aliphatic rings. The third kappa shape index (κ3) is 3.07. The Morgan fingerprint density at radius 1 is 0.732 bits per heavy atom. The first-order valence-electron chi connectivity index (χ1n) is 14.2. The summed E-state index contributed by atoms with van der Waals surface area (Å²) in [4.78, 5) is 5.10. The number of rotatable bonds is 3. The van der Waals surface area contributed by atoms with Gasteiger partial charge in [0, 0.05) is 27.7 Å². The van der Waals surface area contributed by atoms with Crippen LogP contribution >= 0.6 is 0 Å². The number of benzene rings is 4. The molecule has 0 unspecified atom stereocenters. The standard InChI is InChI=1S/C37H30N4/c1-5-14-26-28(6-2)37(3,4)35-34(26)27-17-7-9-19-30(27)39(35)24-15-13-16-25(23-24)40-32-21-11-12-22-33(32)41-31-20-10-8-18-29(31)38-36(40)41/h5-23H,1H2,2-4H3/b26-14+,28-6+. The van der Waals surface area contributed by atoms with E-state index in [4.69, 9.17) is 4.98 Å². The molecule has 0 N–H and O–H groups in total. The molecule has 0 radical (unpaired) electrons. The summed E-state index contributed by atoms with van der Waals surface area (Å²) in [5.41, 5.74) is 12.8. The molecule has 3 heterocycles. The number of hydrogen-bond donors (Lipinski definition) is 0. The maximum atomic E-state index is 5.10. The smallest absolute Gasteiger partial charge is 0.220 e. The summed E-state index contributed by atoms with van der Waals surface area (Å²) in [6.45, 7) is 10.9. The molecular formula is C37H30N4. The van der Waals surface area contributed by atoms with Crippen molar-refractivity contribution in [1.82, 2.24) is 18.5 Å². The Balaban J connectivity index is 1.45. The van der Waals surface area contributed by atoms with E-state index in [9.17, 15) is 0 Å². The Hall–Kier alpha value is -5.09. The fourth-order valence-electron chi connectivity index (χ4n) is 7.16. The van der Waals surface area contributed by atoms with Crippen molar-refractivity contribution >= 4 is 44.3 Å². The molecule has 4 aromatic carbocycles. The highest BCUT2D eigenvalue weighted by Gasteiger charge is 2.42. The summed E-state index contributed by atoms with van der Waals surface area (Å²) in [6, 6.07) is 34.6. The molecule has 0 bridgehead atoms. The number of allylic oxidation sites excluding steroid dienone is 5. The molecular weight excluding hydrogens is 500 g/mol. The molecule has 4 heteroatoms. The van der Waals surface area contributed by atoms with Gasteiger partial charge in [-0.1, -0.05) is 87.2 Å². The largest absolute Gasteiger partial charge is 0.312 e. The minimum Gasteiger partial charge on any atom is -0.312 e. The highest BCUT2D eigenvalue weighted by atomic mass is 15.2. The van der Waals surface area contributed by atoms with Gasteiger partial charge in [0.2, 0.25) is 5.78 Å². The van der Waals surface area contributed by atoms with Crippen molar-refractivity contribution < 1.29 is 0 Å². The second-order valence-corrected chi connectivity index (χ2v) is 11.3. The second-order valence-electron chi connectivity index (χ2n) is 11.3. The van der Waals surface area contributed by atoms with Crippen LogP contribution in [0.15, 0.2) is 127 Å². The van der Waals surface area contributed by atoms with Crippen LogP contribution in [-0.4, -0.2) is 18.5 Å². The monoisotopic (exact) mass is 530 g/mol. The molecule has 7 aromatic rings. The Morgan fingerprint density at radius 3 is 2.15 bits per heavy atom. The van der Waals surface area contributed by atoms with Crippen molar-refractivity contribution in [3.8, 4) is 11.4 Å². The second kappa shape index (κ2) is 8.45. The molecule has 8 rings (SSSR count). The van der Waals surface area contributed by atoms with Crippen LogP contribution in [0, 0.1) is 0 Å². The number of aromatic nitrogens is 4. The molecule has 1 aliphatic carbocycles. The van der Waals surface area contributed by atoms with E-state index in [1.54, 1.807) is 0 Å². The average Bonchev–Trinajstić information content (AvgIpc) is 3.68. The summed E-state index contributed by atoms with van der Waals surface area (Å²) in [7, 11) is 0. The number of nitrogens with zero attached hydrogens (tertiary/aromatic N) is 4. The lowest BCUT2D eigenvalue weighted by Gasteiger charge is -2.25. The van der Waals surface area contributed by atoms with Crippen molar-refractivity contribution in [2.45, 2.75) is 26.2 Å². The van der Waals surface area contributed by atoms with E-state index >= 15 is 0 Å². The SMILES string of the molecule is C=C/C=C1\C(=C/C)C(C)(C)c2c1c1ccccc1n2-c1cccc(-n2c3ccccc3n3c4ccccc4nc23)c1. The molecule has 198 valence electrons. The lowest BCUT2D eigenvalue weighted by atomic mass is 9.84. The fourth-order valence-corrected chi connectivity index (χ4v) is 7.16. The maximum Gasteiger partial charge on any atom is 0.220 e. The molecule has 0 aliphatic heterocycles. The predicted molar refractivity (Wildman–Crippen MR) is 171 cm³/mol. The number of fused-ring (bicyclic) bond motifs is 8. The molecule has 0 spiro atoms. The predicted octanol–water partition coefficient (Wildman–Crippen LogP) is 9.18. The van der Waals surface area contributed by atoms with Gasteiger partial charge >= 0.3 is 0 Å². The Morgan fingerprint density at radius 2 is 1.39 bits per heavy atom. The van der Waals surface area contributed by atoms with Crippen LogP contribution in [0.4, 0.5) is 0 Å². The van der Waals surface area contributed by atoms with Gasteiger partial charge in [-0.15, -0.1) is 0 Å². The van der Waals surface area contributed by atoms with E-state index < -0.39 is 0 Å². The van der Waals surface area contributed by atoms with Crippen LogP contribution in [0.5, 0.6) is 0 Å². The van der Waals surface area contributed by atoms with Crippen molar-refractivity contribution in [3.63, 3.8) is 0 Å². The molecule has 41 heavy (non-hydrogen) atoms. The van der Waals surface area contributed by atoms with E-state index in [0.717, 1.165) is 39.2 Å². The topological polar surface area (TPSA) is 27.2 Å². The van der Waals surface area contributed by atoms with Crippen LogP contribution in [-0.2, 0) is 5.41 Å². The Labute approximate surface area is 238 Å². The van der Waals surface area contributed by atoms with Crippen LogP contribution in [0.3, 0.4) is 0 Å². The zero-order chi connectivity index (χ0) is 27.9. The summed E-state index contributed by atoms with van der Waals surface area (Å²) >= 11 is 0. The first-order chi connectivity index (χ1) is 20.0. The van der Waals surface area contributed by atoms with Crippen LogP contribution < -0.4 is 0 Å². The van der Waals surface area contributed by atoms with Crippen LogP contribution in [0.25, 0.3) is 55.7 Å². The van der Waals surface area contributed by atoms with Gasteiger partial charge in [-0.05, 0) is 66.6 Å². The average molecular weight is 531 g/mol. The zero-order valence-corrected chi connectivity index (χ0v) is 23.5. The Bertz CT molecular complexity index is 2260. The fraction of sp³-hybridized carbons (Fsp3) is 0.108. The normalized spacial score (nSPS) is 16.6. The highest BCUT2D eigenvalue weighted by Crippen LogP contribution is 2.54. The maximum absolute atomic E-state index is 5.10. The number of para-hydroxylation sites is 5. The van der Waals surface area contributed by atoms with Crippen LogP contribution in [0.1, 0.15) is 32.0 Å². The minimum absolute atomic E-state index is 0.178. The summed E-state index contributed by atoms with van der Waals surface area (Å²) in [6.07, 6.45) is 6.34. The van der Waals surface area contributed by atoms with Crippen molar-refractivity contribution in [2.24, 2.45) is 0 Å². The summed E-state index contributed by atoms with van der Waals surface area (Å²) in [5, 5.41) is 1.26. The van der Waals surface area contributed by atoms with Gasteiger partial charge in [0.1, 0.15) is 0 Å². The molecule has 0 amide bonds. The number of imidazole rings is 2. The van der Waals surface area contributed by atoms with Crippen molar-refractivity contribution in [3.05, 3.63) is 139 Å². The van der Waals surface area contributed by atoms with Gasteiger partial charge < -0.3 is 4.57 Å². The van der Waals surface area contributed by atoms with Gasteiger partial charge in [-0.3, -0.25) is 8.97 Å². The zero-order valence-electron chi connectivity index (χ0n) is 23.5. The first-order valence-corrected chi connectivity index (χ1v) is 14.2. The van der Waals surface area contributed by atoms with E-state index in [0.29, 0.717) is 0 Å². The van der Waals surface area contributed by atoms with E-state index in [-0.39, 0.29) is 5.41 Å². The molecule has 0 saturated carbocycles. The summed E-state index contributed by atoms with van der Waals surface area (Å²) in [5.74, 6) is 0.917. The summed E-state index contributed by atoms with van der Waals surface area (Å²) < 4.78 is 7.02. The van der Waals surface area contributed by atoms with Gasteiger partial charge in [-0.25, -0.2) is 4.98 Å². The number of hydrogen-bond acceptors (Lipinski definition) is 1. The van der Waals surface area contributed by atoms with E-state index in [1.165, 1.54) is 33.3 Å². The highest BCUT2D eigenvalue weighted by molar-refractivity contribution is 6.05. The molecule has 0 atom stereocenters. The van der Waals surface area contributed by atoms with E-state index in [1.807, 2.05) is 6.08 Å². The molecule has 4 nitrogen and oxygen atoms in total. The minimum atomic E-state index is -0.178. The first kappa shape index (κ1) is 23.8. The Kier molecular flexibility index (Phi) is 4.90. The quantitative estimate of drug-likeness (QED) is 0.224. The third-order valence-corrected chi connectivity index (χ3v) is 8.73. The van der Waals surface area contributed by atoms with Crippen LogP contribution in [0.2, 0.25) is 0 Å². The van der Waals surface area contributed by atoms with Gasteiger partial charge in [0.15, 0.2) is 0 Å². The third-order valence-electron chi connectivity index (χ3n) is 8.73. The van der Waals surface area contributed by atoms with Gasteiger partial charge in [0.25, 0.3) is 0 Å². The lowest BCUT2D eigenvalue weighted by Crippen LogP contribution is -2.20. The van der Waals surface area contributed by atoms with Crippen molar-refractivity contribution in [1.29, 1.82) is 0 Å². The lowest BCUT2D eigenvalue weighted by molar-refractivity contribution is 0.623. The molecule has 0 fully saturated rings. The molecule has 0 saturated heterocycles. The van der Waals surface area contributed by atoms with E-state index in [2.05, 4.69) is 150 Å². The van der Waals surface area contributed by atoms with Gasteiger partial charge in [-0.2, -0.15) is 0 Å². The molecule has 3 aromatic heterocycles. The van der Waals surface area contributed by atoms with Gasteiger partial charge in [0.05, 0.1) is 33.3 Å². The van der Waals surface area contributed by atoms with Crippen molar-refractivity contribution in [2.75, 3.05) is 0 Å².